The maximum atomic E-state index is 10.9. The van der Waals surface area contributed by atoms with Crippen LogP contribution in [0.1, 0.15) is 11.4 Å². The number of fused-ring (bicyclic) bond motifs is 1. The molecule has 0 unspecified atom stereocenters. The molecule has 0 saturated heterocycles. The monoisotopic (exact) mass is 319 g/mol. The zero-order chi connectivity index (χ0) is 15.7. The number of nitrogens with zero attached hydrogens (tertiary/aromatic N) is 5. The number of aryl methyl sites for hydroxylation is 1. The second-order valence-corrected chi connectivity index (χ2v) is 5.67. The van der Waals surface area contributed by atoms with Crippen molar-refractivity contribution in [3.8, 4) is 10.6 Å². The normalized spacial score (nSPS) is 11.2. The number of nitro groups is 1. The van der Waals surface area contributed by atoms with E-state index in [4.69, 9.17) is 4.74 Å². The number of hydrogen-bond donors (Lipinski definition) is 0. The first-order valence-corrected chi connectivity index (χ1v) is 7.37. The smallest absolute Gasteiger partial charge is 0.272 e. The summed E-state index contributed by atoms with van der Waals surface area (Å²) < 4.78 is 6.73. The summed E-state index contributed by atoms with van der Waals surface area (Å²) in [6.07, 6.45) is 0.625. The molecule has 1 aromatic carbocycles. The summed E-state index contributed by atoms with van der Waals surface area (Å²) in [6.45, 7) is 2.26. The van der Waals surface area contributed by atoms with Crippen LogP contribution >= 0.6 is 11.3 Å². The van der Waals surface area contributed by atoms with Crippen molar-refractivity contribution in [1.29, 1.82) is 0 Å². The van der Waals surface area contributed by atoms with E-state index in [2.05, 4.69) is 15.3 Å². The minimum absolute atomic E-state index is 0.104. The number of aromatic nitrogens is 4. The lowest BCUT2D eigenvalue weighted by Crippen LogP contribution is -2.01. The molecule has 0 radical (unpaired) electrons. The molecule has 0 aliphatic rings. The molecular weight excluding hydrogens is 306 g/mol. The molecule has 8 nitrogen and oxygen atoms in total. The third-order valence-electron chi connectivity index (χ3n) is 3.23. The van der Waals surface area contributed by atoms with Gasteiger partial charge in [0.15, 0.2) is 5.82 Å². The van der Waals surface area contributed by atoms with Crippen molar-refractivity contribution in [2.45, 2.75) is 13.3 Å². The lowest BCUT2D eigenvalue weighted by atomic mass is 10.1. The van der Waals surface area contributed by atoms with Crippen LogP contribution in [-0.4, -0.2) is 38.5 Å². The van der Waals surface area contributed by atoms with E-state index in [0.717, 1.165) is 16.4 Å². The van der Waals surface area contributed by atoms with E-state index in [1.165, 1.54) is 17.4 Å². The van der Waals surface area contributed by atoms with Gasteiger partial charge in [0.1, 0.15) is 5.01 Å². The summed E-state index contributed by atoms with van der Waals surface area (Å²) in [5, 5.41) is 24.3. The molecule has 114 valence electrons. The van der Waals surface area contributed by atoms with E-state index < -0.39 is 0 Å². The molecule has 9 heteroatoms. The Morgan fingerprint density at radius 2 is 2.23 bits per heavy atom. The fraction of sp³-hybridized carbons (Fsp3) is 0.308. The number of rotatable bonds is 5. The summed E-state index contributed by atoms with van der Waals surface area (Å²) >= 11 is 1.40. The highest BCUT2D eigenvalue weighted by Gasteiger charge is 2.15. The van der Waals surface area contributed by atoms with Crippen molar-refractivity contribution in [3.05, 3.63) is 39.7 Å². The van der Waals surface area contributed by atoms with Crippen LogP contribution in [0.4, 0.5) is 5.69 Å². The maximum Gasteiger partial charge on any atom is 0.272 e. The largest absolute Gasteiger partial charge is 0.384 e. The van der Waals surface area contributed by atoms with Gasteiger partial charge in [-0.05, 0) is 19.1 Å². The Balaban J connectivity index is 1.98. The highest BCUT2D eigenvalue weighted by atomic mass is 32.1. The molecule has 0 spiro atoms. The molecule has 0 bridgehead atoms. The summed E-state index contributed by atoms with van der Waals surface area (Å²) in [7, 11) is 1.63. The van der Waals surface area contributed by atoms with Crippen molar-refractivity contribution in [3.63, 3.8) is 0 Å². The second-order valence-electron chi connectivity index (χ2n) is 4.72. The van der Waals surface area contributed by atoms with E-state index >= 15 is 0 Å². The Hall–Kier alpha value is -2.39. The maximum absolute atomic E-state index is 10.9. The molecule has 0 amide bonds. The highest BCUT2D eigenvalue weighted by Crippen LogP contribution is 2.29. The molecule has 22 heavy (non-hydrogen) atoms. The van der Waals surface area contributed by atoms with Gasteiger partial charge in [0.05, 0.1) is 11.5 Å². The SMILES string of the molecule is COCCc1nnc2sc(-c3ccc([N+](=O)[O-])c(C)c3)nn12. The molecule has 0 atom stereocenters. The van der Waals surface area contributed by atoms with Crippen molar-refractivity contribution in [2.75, 3.05) is 13.7 Å². The molecule has 3 rings (SSSR count). The summed E-state index contributed by atoms with van der Waals surface area (Å²) in [5.41, 5.74) is 1.54. The Morgan fingerprint density at radius 3 is 2.91 bits per heavy atom. The van der Waals surface area contributed by atoms with Gasteiger partial charge in [-0.15, -0.1) is 10.2 Å². The average molecular weight is 319 g/mol. The first-order valence-electron chi connectivity index (χ1n) is 6.55. The van der Waals surface area contributed by atoms with Crippen LogP contribution in [0.25, 0.3) is 15.5 Å². The van der Waals surface area contributed by atoms with Gasteiger partial charge in [-0.1, -0.05) is 11.3 Å². The molecule has 2 heterocycles. The Bertz CT molecular complexity index is 841. The van der Waals surface area contributed by atoms with Gasteiger partial charge in [-0.25, -0.2) is 0 Å². The van der Waals surface area contributed by atoms with E-state index in [-0.39, 0.29) is 10.6 Å². The van der Waals surface area contributed by atoms with Gasteiger partial charge >= 0.3 is 0 Å². The van der Waals surface area contributed by atoms with Crippen molar-refractivity contribution in [1.82, 2.24) is 19.8 Å². The lowest BCUT2D eigenvalue weighted by molar-refractivity contribution is -0.385. The minimum atomic E-state index is -0.388. The van der Waals surface area contributed by atoms with Gasteiger partial charge in [0, 0.05) is 30.7 Å². The fourth-order valence-corrected chi connectivity index (χ4v) is 2.97. The van der Waals surface area contributed by atoms with Crippen molar-refractivity contribution >= 4 is 22.0 Å². The van der Waals surface area contributed by atoms with E-state index in [1.807, 2.05) is 0 Å². The van der Waals surface area contributed by atoms with Crippen LogP contribution in [-0.2, 0) is 11.2 Å². The second kappa shape index (κ2) is 5.78. The van der Waals surface area contributed by atoms with E-state index in [9.17, 15) is 10.1 Å². The number of methoxy groups -OCH3 is 1. The average Bonchev–Trinajstić information content (AvgIpc) is 3.05. The molecule has 0 N–H and O–H groups in total. The number of benzene rings is 1. The third-order valence-corrected chi connectivity index (χ3v) is 4.17. The number of hydrogen-bond acceptors (Lipinski definition) is 7. The molecule has 2 aromatic heterocycles. The van der Waals surface area contributed by atoms with Gasteiger partial charge in [0.2, 0.25) is 4.96 Å². The summed E-state index contributed by atoms with van der Waals surface area (Å²) in [6, 6.07) is 4.96. The summed E-state index contributed by atoms with van der Waals surface area (Å²) in [4.78, 5) is 11.2. The fourth-order valence-electron chi connectivity index (χ4n) is 2.12. The van der Waals surface area contributed by atoms with Crippen LogP contribution in [0.5, 0.6) is 0 Å². The van der Waals surface area contributed by atoms with E-state index in [1.54, 1.807) is 30.7 Å². The van der Waals surface area contributed by atoms with Crippen LogP contribution in [0.15, 0.2) is 18.2 Å². The highest BCUT2D eigenvalue weighted by molar-refractivity contribution is 7.19. The van der Waals surface area contributed by atoms with Crippen LogP contribution < -0.4 is 0 Å². The van der Waals surface area contributed by atoms with E-state index in [0.29, 0.717) is 23.6 Å². The predicted molar refractivity (Wildman–Crippen MR) is 81.1 cm³/mol. The van der Waals surface area contributed by atoms with Gasteiger partial charge in [-0.2, -0.15) is 9.61 Å². The molecule has 0 aliphatic carbocycles. The van der Waals surface area contributed by atoms with Crippen LogP contribution in [0.2, 0.25) is 0 Å². The standard InChI is InChI=1S/C13H13N5O3S/c1-8-7-9(3-4-10(8)18(19)20)12-16-17-11(5-6-21-2)14-15-13(17)22-12/h3-4,7H,5-6H2,1-2H3. The number of nitro benzene ring substituents is 1. The first kappa shape index (κ1) is 14.5. The lowest BCUT2D eigenvalue weighted by Gasteiger charge is -2.00. The zero-order valence-corrected chi connectivity index (χ0v) is 12.8. The quantitative estimate of drug-likeness (QED) is 0.529. The molecule has 0 fully saturated rings. The van der Waals surface area contributed by atoms with Crippen molar-refractivity contribution in [2.24, 2.45) is 0 Å². The van der Waals surface area contributed by atoms with Gasteiger partial charge < -0.3 is 4.74 Å². The number of ether oxygens (including phenoxy) is 1. The third kappa shape index (κ3) is 2.55. The molecule has 0 aliphatic heterocycles. The van der Waals surface area contributed by atoms with Gasteiger partial charge in [-0.3, -0.25) is 10.1 Å². The summed E-state index contributed by atoms with van der Waals surface area (Å²) in [5.74, 6) is 0.734. The Labute approximate surface area is 129 Å². The Morgan fingerprint density at radius 1 is 1.41 bits per heavy atom. The molecule has 0 saturated carbocycles. The zero-order valence-electron chi connectivity index (χ0n) is 12.0. The predicted octanol–water partition coefficient (Wildman–Crippen LogP) is 2.26. The van der Waals surface area contributed by atoms with Crippen LogP contribution in [0, 0.1) is 17.0 Å². The minimum Gasteiger partial charge on any atom is -0.384 e. The molecular formula is C13H13N5O3S. The van der Waals surface area contributed by atoms with Gasteiger partial charge in [0.25, 0.3) is 5.69 Å². The molecule has 3 aromatic rings. The van der Waals surface area contributed by atoms with Crippen LogP contribution in [0.3, 0.4) is 0 Å². The van der Waals surface area contributed by atoms with Crippen molar-refractivity contribution < 1.29 is 9.66 Å². The first-order chi connectivity index (χ1) is 10.6. The Kier molecular flexibility index (Phi) is 3.82. The topological polar surface area (TPSA) is 95.5 Å².